The smallest absolute Gasteiger partial charge is 0.264 e. The molecule has 194 valence electrons. The molecule has 1 N–H and O–H groups in total. The molecule has 4 atom stereocenters. The summed E-state index contributed by atoms with van der Waals surface area (Å²) in [5, 5.41) is 11.3. The maximum absolute atomic E-state index is 14.4. The third kappa shape index (κ3) is 4.33. The van der Waals surface area contributed by atoms with Gasteiger partial charge in [-0.1, -0.05) is 67.7 Å². The normalized spacial score (nSPS) is 25.1. The Hall–Kier alpha value is -2.20. The number of para-hydroxylation sites is 1. The molecule has 0 unspecified atom stereocenters. The minimum atomic E-state index is -2.16. The number of fused-ring (bicyclic) bond motifs is 2. The maximum Gasteiger partial charge on any atom is 0.264 e. The fourth-order valence-electron chi connectivity index (χ4n) is 6.59. The molecule has 37 heavy (non-hydrogen) atoms. The Morgan fingerprint density at radius 1 is 1.05 bits per heavy atom. The Bertz CT molecular complexity index is 1280. The highest BCUT2D eigenvalue weighted by atomic mass is 127. The molecule has 3 aromatic rings. The lowest BCUT2D eigenvalue weighted by Gasteiger charge is -2.37. The summed E-state index contributed by atoms with van der Waals surface area (Å²) in [6.07, 6.45) is 0.301. The van der Waals surface area contributed by atoms with E-state index in [-0.39, 0.29) is 30.1 Å². The van der Waals surface area contributed by atoms with Crippen LogP contribution in [-0.2, 0) is 21.7 Å². The van der Waals surface area contributed by atoms with Crippen LogP contribution in [0.25, 0.3) is 0 Å². The molecule has 1 fully saturated rings. The topological polar surface area (TPSA) is 59.0 Å². The van der Waals surface area contributed by atoms with E-state index in [0.717, 1.165) is 22.6 Å². The highest BCUT2D eigenvalue weighted by molar-refractivity contribution is 14.1. The van der Waals surface area contributed by atoms with Crippen LogP contribution in [0.4, 0.5) is 5.69 Å². The lowest BCUT2D eigenvalue weighted by molar-refractivity contribution is -0.146. The number of hydrogen-bond acceptors (Lipinski definition) is 4. The van der Waals surface area contributed by atoms with Crippen LogP contribution in [0.15, 0.2) is 72.8 Å². The quantitative estimate of drug-likeness (QED) is 0.280. The molecule has 1 amide bonds. The van der Waals surface area contributed by atoms with Crippen molar-refractivity contribution in [3.63, 3.8) is 0 Å². The molecule has 7 heteroatoms. The van der Waals surface area contributed by atoms with Gasteiger partial charge in [0.05, 0.1) is 33.5 Å². The van der Waals surface area contributed by atoms with Gasteiger partial charge in [0.1, 0.15) is 5.75 Å². The molecule has 3 aromatic carbocycles. The van der Waals surface area contributed by atoms with E-state index in [9.17, 15) is 9.90 Å². The molecule has 1 saturated heterocycles. The number of nitrogens with zero attached hydrogens (tertiary/aromatic N) is 1. The molecule has 0 saturated carbocycles. The Kier molecular flexibility index (Phi) is 7.26. The Labute approximate surface area is 233 Å². The minimum absolute atomic E-state index is 0.00437. The van der Waals surface area contributed by atoms with E-state index in [1.165, 1.54) is 8.76 Å². The Balaban J connectivity index is 1.57. The predicted molar refractivity (Wildman–Crippen MR) is 158 cm³/mol. The number of rotatable bonds is 7. The molecule has 2 aliphatic heterocycles. The molecule has 0 bridgehead atoms. The van der Waals surface area contributed by atoms with Gasteiger partial charge in [-0.2, -0.15) is 0 Å². The summed E-state index contributed by atoms with van der Waals surface area (Å²) in [5.41, 5.74) is 2.04. The van der Waals surface area contributed by atoms with Crippen LogP contribution in [0.3, 0.4) is 0 Å². The first-order valence-electron chi connectivity index (χ1n) is 12.8. The van der Waals surface area contributed by atoms with E-state index in [2.05, 4.69) is 85.1 Å². The van der Waals surface area contributed by atoms with Crippen LogP contribution in [-0.4, -0.2) is 38.9 Å². The van der Waals surface area contributed by atoms with Gasteiger partial charge in [-0.05, 0) is 70.4 Å². The lowest BCUT2D eigenvalue weighted by atomic mass is 9.82. The van der Waals surface area contributed by atoms with Crippen molar-refractivity contribution < 1.29 is 19.4 Å². The summed E-state index contributed by atoms with van der Waals surface area (Å²) in [5.74, 6) is 0.784. The average Bonchev–Trinajstić information content (AvgIpc) is 3.33. The molecular formula is C30H34INO4Si. The zero-order valence-electron chi connectivity index (χ0n) is 21.8. The number of hydrogen-bond donors (Lipinski definition) is 1. The van der Waals surface area contributed by atoms with Crippen molar-refractivity contribution in [2.24, 2.45) is 5.92 Å². The Morgan fingerprint density at radius 2 is 1.73 bits per heavy atom. The largest absolute Gasteiger partial charge is 0.497 e. The van der Waals surface area contributed by atoms with Crippen LogP contribution in [0.1, 0.15) is 24.5 Å². The fourth-order valence-corrected chi connectivity index (χ4v) is 11.0. The number of benzene rings is 3. The fraction of sp³-hybridized carbons (Fsp3) is 0.367. The van der Waals surface area contributed by atoms with Gasteiger partial charge in [0.25, 0.3) is 5.91 Å². The highest BCUT2D eigenvalue weighted by Crippen LogP contribution is 2.60. The van der Waals surface area contributed by atoms with Gasteiger partial charge in [0.2, 0.25) is 0 Å². The molecule has 0 radical (unpaired) electrons. The number of aliphatic hydroxyl groups excluding tert-OH is 1. The van der Waals surface area contributed by atoms with Crippen LogP contribution >= 0.6 is 22.6 Å². The highest BCUT2D eigenvalue weighted by Gasteiger charge is 2.66. The number of methoxy groups -OCH3 is 1. The number of ether oxygens (including phenoxy) is 2. The van der Waals surface area contributed by atoms with Gasteiger partial charge in [-0.15, -0.1) is 0 Å². The zero-order chi connectivity index (χ0) is 26.4. The van der Waals surface area contributed by atoms with Crippen molar-refractivity contribution >= 4 is 47.4 Å². The summed E-state index contributed by atoms with van der Waals surface area (Å²) in [6.45, 7) is 7.43. The standard InChI is InChI=1S/C30H34INO4Si/c1-20-28(37(3,4)24-15-13-23(35-2)14-16-24)27(17-18-33)36-30(20)25-7-5-6-8-26(25)32(29(30)34)19-21-9-11-22(31)12-10-21/h5-16,20,27-28,33H,17-19H2,1-4H3/t20-,27+,28-,30+/m0/s1. The summed E-state index contributed by atoms with van der Waals surface area (Å²) >= 11 is 2.30. The van der Waals surface area contributed by atoms with Crippen LogP contribution in [0.2, 0.25) is 18.6 Å². The second kappa shape index (κ2) is 10.2. The van der Waals surface area contributed by atoms with E-state index < -0.39 is 13.7 Å². The SMILES string of the molecule is COc1ccc([Si](C)(C)[C@@H]2[C@@H](CCO)O[C@]3(C(=O)N(Cc4ccc(I)cc4)c4ccccc43)[C@H]2C)cc1. The monoisotopic (exact) mass is 627 g/mol. The van der Waals surface area contributed by atoms with E-state index in [1.807, 2.05) is 35.2 Å². The molecule has 5 nitrogen and oxygen atoms in total. The lowest BCUT2D eigenvalue weighted by Crippen LogP contribution is -2.51. The first-order chi connectivity index (χ1) is 17.7. The molecule has 1 spiro atoms. The molecule has 2 heterocycles. The van der Waals surface area contributed by atoms with Crippen molar-refractivity contribution in [3.8, 4) is 5.75 Å². The molecule has 0 aliphatic carbocycles. The number of carbonyl (C=O) groups excluding carboxylic acids is 1. The number of amides is 1. The second-order valence-corrected chi connectivity index (χ2v) is 16.6. The first-order valence-corrected chi connectivity index (χ1v) is 17.0. The maximum atomic E-state index is 14.4. The van der Waals surface area contributed by atoms with Crippen LogP contribution in [0, 0.1) is 9.49 Å². The molecular weight excluding hydrogens is 593 g/mol. The van der Waals surface area contributed by atoms with Crippen molar-refractivity contribution in [1.29, 1.82) is 0 Å². The number of halogens is 1. The predicted octanol–water partition coefficient (Wildman–Crippen LogP) is 5.45. The molecule has 5 rings (SSSR count). The third-order valence-electron chi connectivity index (χ3n) is 8.41. The van der Waals surface area contributed by atoms with E-state index in [0.29, 0.717) is 13.0 Å². The van der Waals surface area contributed by atoms with Crippen LogP contribution < -0.4 is 14.8 Å². The van der Waals surface area contributed by atoms with Crippen molar-refractivity contribution in [2.45, 2.75) is 50.2 Å². The number of anilines is 1. The zero-order valence-corrected chi connectivity index (χ0v) is 24.9. The summed E-state index contributed by atoms with van der Waals surface area (Å²) in [6, 6.07) is 24.7. The summed E-state index contributed by atoms with van der Waals surface area (Å²) in [7, 11) is -0.478. The van der Waals surface area contributed by atoms with E-state index in [4.69, 9.17) is 9.47 Å². The number of carbonyl (C=O) groups is 1. The van der Waals surface area contributed by atoms with Gasteiger partial charge in [-0.25, -0.2) is 0 Å². The van der Waals surface area contributed by atoms with Gasteiger partial charge in [0.15, 0.2) is 5.60 Å². The first kappa shape index (κ1) is 26.4. The number of aliphatic hydroxyl groups is 1. The van der Waals surface area contributed by atoms with Crippen molar-refractivity contribution in [2.75, 3.05) is 18.6 Å². The third-order valence-corrected chi connectivity index (χ3v) is 13.5. The van der Waals surface area contributed by atoms with Gasteiger partial charge in [0, 0.05) is 21.7 Å². The second-order valence-electron chi connectivity index (χ2n) is 10.7. The van der Waals surface area contributed by atoms with Gasteiger partial charge < -0.3 is 19.5 Å². The van der Waals surface area contributed by atoms with Gasteiger partial charge >= 0.3 is 0 Å². The average molecular weight is 628 g/mol. The van der Waals surface area contributed by atoms with Crippen molar-refractivity contribution in [1.82, 2.24) is 0 Å². The van der Waals surface area contributed by atoms with E-state index in [1.54, 1.807) is 7.11 Å². The molecule has 2 aliphatic rings. The summed E-state index contributed by atoms with van der Waals surface area (Å²) in [4.78, 5) is 16.3. The molecule has 0 aromatic heterocycles. The van der Waals surface area contributed by atoms with Gasteiger partial charge in [-0.3, -0.25) is 4.79 Å². The minimum Gasteiger partial charge on any atom is -0.497 e. The van der Waals surface area contributed by atoms with E-state index >= 15 is 0 Å². The van der Waals surface area contributed by atoms with Crippen LogP contribution in [0.5, 0.6) is 5.75 Å². The Morgan fingerprint density at radius 3 is 2.38 bits per heavy atom. The summed E-state index contributed by atoms with van der Waals surface area (Å²) < 4.78 is 13.5. The van der Waals surface area contributed by atoms with Crippen molar-refractivity contribution in [3.05, 3.63) is 87.5 Å².